The lowest BCUT2D eigenvalue weighted by Crippen LogP contribution is -2.31. The van der Waals surface area contributed by atoms with Crippen molar-refractivity contribution in [3.8, 4) is 0 Å². The fourth-order valence-electron chi connectivity index (χ4n) is 2.34. The van der Waals surface area contributed by atoms with Crippen LogP contribution in [-0.2, 0) is 14.8 Å². The Bertz CT molecular complexity index is 868. The van der Waals surface area contributed by atoms with E-state index >= 15 is 0 Å². The molecule has 1 aromatic carbocycles. The third-order valence-electron chi connectivity index (χ3n) is 3.54. The van der Waals surface area contributed by atoms with E-state index in [1.165, 1.54) is 21.9 Å². The van der Waals surface area contributed by atoms with Crippen LogP contribution in [0.2, 0.25) is 0 Å². The Morgan fingerprint density at radius 3 is 2.78 bits per heavy atom. The summed E-state index contributed by atoms with van der Waals surface area (Å²) in [6, 6.07) is 7.30. The van der Waals surface area contributed by atoms with Crippen molar-refractivity contribution in [3.63, 3.8) is 0 Å². The molecular weight excluding hydrogens is 404 g/mol. The molecule has 0 aliphatic heterocycles. The number of hydrogen-bond donors (Lipinski definition) is 1. The number of aromatic nitrogens is 2. The van der Waals surface area contributed by atoms with Crippen LogP contribution in [0.1, 0.15) is 31.7 Å². The molecule has 2 rings (SSSR count). The van der Waals surface area contributed by atoms with Crippen LogP contribution < -0.4 is 9.62 Å². The minimum Gasteiger partial charge on any atom is -0.301 e. The van der Waals surface area contributed by atoms with E-state index in [0.29, 0.717) is 17.2 Å². The monoisotopic (exact) mass is 428 g/mol. The number of benzene rings is 1. The molecule has 0 saturated carbocycles. The molecule has 0 bridgehead atoms. The van der Waals surface area contributed by atoms with Gasteiger partial charge in [0, 0.05) is 18.7 Å². The number of hydrogen-bond acceptors (Lipinski definition) is 7. The number of aryl methyl sites for hydroxylation is 1. The topological polar surface area (TPSA) is 92.3 Å². The smallest absolute Gasteiger partial charge is 0.232 e. The molecule has 0 fully saturated rings. The number of anilines is 2. The van der Waals surface area contributed by atoms with E-state index in [1.807, 2.05) is 25.1 Å². The molecule has 0 spiro atoms. The molecule has 1 amide bonds. The normalized spacial score (nSPS) is 11.4. The van der Waals surface area contributed by atoms with Crippen molar-refractivity contribution < 1.29 is 13.2 Å². The zero-order valence-electron chi connectivity index (χ0n) is 15.6. The Morgan fingerprint density at radius 1 is 1.33 bits per heavy atom. The summed E-state index contributed by atoms with van der Waals surface area (Å²) in [6.07, 6.45) is 2.83. The van der Waals surface area contributed by atoms with Crippen LogP contribution in [0.3, 0.4) is 0 Å². The van der Waals surface area contributed by atoms with E-state index in [9.17, 15) is 13.2 Å². The van der Waals surface area contributed by atoms with Crippen molar-refractivity contribution >= 4 is 49.8 Å². The molecule has 0 aliphatic carbocycles. The maximum Gasteiger partial charge on any atom is 0.232 e. The molecule has 10 heteroatoms. The first-order chi connectivity index (χ1) is 12.8. The molecule has 0 aliphatic rings. The highest BCUT2D eigenvalue weighted by atomic mass is 32.2. The van der Waals surface area contributed by atoms with Gasteiger partial charge in [0.05, 0.1) is 11.9 Å². The summed E-state index contributed by atoms with van der Waals surface area (Å²) in [5.74, 6) is 0.763. The fourth-order valence-corrected chi connectivity index (χ4v) is 4.99. The molecule has 0 radical (unpaired) electrons. The van der Waals surface area contributed by atoms with Crippen molar-refractivity contribution in [2.45, 2.75) is 37.4 Å². The van der Waals surface area contributed by atoms with E-state index < -0.39 is 10.0 Å². The van der Waals surface area contributed by atoms with E-state index in [-0.39, 0.29) is 18.9 Å². The minimum absolute atomic E-state index is 0.198. The maximum atomic E-state index is 12.1. The van der Waals surface area contributed by atoms with Gasteiger partial charge in [0.25, 0.3) is 0 Å². The van der Waals surface area contributed by atoms with Gasteiger partial charge in [0.1, 0.15) is 0 Å². The molecule has 148 valence electrons. The first kappa shape index (κ1) is 21.6. The van der Waals surface area contributed by atoms with E-state index in [1.54, 1.807) is 17.8 Å². The Morgan fingerprint density at radius 2 is 2.11 bits per heavy atom. The van der Waals surface area contributed by atoms with Gasteiger partial charge in [0.15, 0.2) is 4.34 Å². The van der Waals surface area contributed by atoms with Crippen molar-refractivity contribution in [1.82, 2.24) is 10.2 Å². The molecule has 0 saturated heterocycles. The molecular formula is C17H24N4O3S3. The summed E-state index contributed by atoms with van der Waals surface area (Å²) in [6.45, 7) is 4.24. The summed E-state index contributed by atoms with van der Waals surface area (Å²) in [7, 11) is -3.42. The van der Waals surface area contributed by atoms with Gasteiger partial charge in [-0.15, -0.1) is 10.2 Å². The molecule has 27 heavy (non-hydrogen) atoms. The van der Waals surface area contributed by atoms with Gasteiger partial charge in [-0.1, -0.05) is 42.2 Å². The van der Waals surface area contributed by atoms with Crippen LogP contribution in [0, 0.1) is 6.92 Å². The van der Waals surface area contributed by atoms with Crippen LogP contribution in [-0.4, -0.2) is 43.1 Å². The zero-order valence-corrected chi connectivity index (χ0v) is 18.1. The summed E-state index contributed by atoms with van der Waals surface area (Å²) >= 11 is 2.96. The quantitative estimate of drug-likeness (QED) is 0.460. The van der Waals surface area contributed by atoms with Gasteiger partial charge >= 0.3 is 0 Å². The lowest BCUT2D eigenvalue weighted by Gasteiger charge is -2.22. The molecule has 7 nitrogen and oxygen atoms in total. The zero-order chi connectivity index (χ0) is 19.9. The second-order valence-electron chi connectivity index (χ2n) is 6.05. The maximum absolute atomic E-state index is 12.1. The van der Waals surface area contributed by atoms with Crippen LogP contribution >= 0.6 is 23.1 Å². The lowest BCUT2D eigenvalue weighted by molar-refractivity contribution is -0.116. The first-order valence-corrected chi connectivity index (χ1v) is 12.2. The van der Waals surface area contributed by atoms with Crippen LogP contribution in [0.15, 0.2) is 28.6 Å². The number of thioether (sulfide) groups is 1. The summed E-state index contributed by atoms with van der Waals surface area (Å²) < 4.78 is 26.4. The average molecular weight is 429 g/mol. The van der Waals surface area contributed by atoms with E-state index in [0.717, 1.165) is 22.1 Å². The SMILES string of the molecule is CCCSc1nnc(NC(=O)CCCN(c2cccc(C)c2)S(C)(=O)=O)s1. The number of amides is 1. The van der Waals surface area contributed by atoms with Crippen molar-refractivity contribution in [3.05, 3.63) is 29.8 Å². The predicted molar refractivity (Wildman–Crippen MR) is 112 cm³/mol. The van der Waals surface area contributed by atoms with Crippen LogP contribution in [0.5, 0.6) is 0 Å². The lowest BCUT2D eigenvalue weighted by atomic mass is 10.2. The van der Waals surface area contributed by atoms with Crippen molar-refractivity contribution in [1.29, 1.82) is 0 Å². The molecule has 1 heterocycles. The number of nitrogens with zero attached hydrogens (tertiary/aromatic N) is 3. The highest BCUT2D eigenvalue weighted by Gasteiger charge is 2.18. The second-order valence-corrected chi connectivity index (χ2v) is 10.3. The molecule has 2 aromatic rings. The number of carbonyl (C=O) groups is 1. The summed E-state index contributed by atoms with van der Waals surface area (Å²) in [5.41, 5.74) is 1.59. The predicted octanol–water partition coefficient (Wildman–Crippen LogP) is 3.53. The third-order valence-corrected chi connectivity index (χ3v) is 6.91. The highest BCUT2D eigenvalue weighted by molar-refractivity contribution is 8.01. The molecule has 1 aromatic heterocycles. The highest BCUT2D eigenvalue weighted by Crippen LogP contribution is 2.26. The number of nitrogens with one attached hydrogen (secondary N) is 1. The molecule has 1 N–H and O–H groups in total. The molecule has 0 unspecified atom stereocenters. The van der Waals surface area contributed by atoms with E-state index in [4.69, 9.17) is 0 Å². The van der Waals surface area contributed by atoms with Crippen molar-refractivity contribution in [2.75, 3.05) is 28.2 Å². The Hall–Kier alpha value is -1.65. The van der Waals surface area contributed by atoms with Gasteiger partial charge in [-0.2, -0.15) is 0 Å². The van der Waals surface area contributed by atoms with Gasteiger partial charge < -0.3 is 5.32 Å². The summed E-state index contributed by atoms with van der Waals surface area (Å²) in [5, 5.41) is 11.2. The number of sulfonamides is 1. The average Bonchev–Trinajstić information content (AvgIpc) is 3.03. The number of carbonyl (C=O) groups excluding carboxylic acids is 1. The van der Waals surface area contributed by atoms with Gasteiger partial charge in [0.2, 0.25) is 21.1 Å². The largest absolute Gasteiger partial charge is 0.301 e. The molecule has 0 atom stereocenters. The third kappa shape index (κ3) is 7.11. The first-order valence-electron chi connectivity index (χ1n) is 8.60. The second kappa shape index (κ2) is 10.0. The fraction of sp³-hybridized carbons (Fsp3) is 0.471. The van der Waals surface area contributed by atoms with Crippen LogP contribution in [0.4, 0.5) is 10.8 Å². The van der Waals surface area contributed by atoms with Gasteiger partial charge in [-0.3, -0.25) is 9.10 Å². The van der Waals surface area contributed by atoms with E-state index in [2.05, 4.69) is 22.4 Å². The van der Waals surface area contributed by atoms with Gasteiger partial charge in [-0.25, -0.2) is 8.42 Å². The summed E-state index contributed by atoms with van der Waals surface area (Å²) in [4.78, 5) is 12.1. The van der Waals surface area contributed by atoms with Crippen LogP contribution in [0.25, 0.3) is 0 Å². The Balaban J connectivity index is 1.89. The van der Waals surface area contributed by atoms with Crippen molar-refractivity contribution in [2.24, 2.45) is 0 Å². The Labute approximate surface area is 168 Å². The minimum atomic E-state index is -3.42. The Kier molecular flexibility index (Phi) is 8.06. The van der Waals surface area contributed by atoms with Gasteiger partial charge in [-0.05, 0) is 37.5 Å². The number of rotatable bonds is 10. The standard InChI is InChI=1S/C17H24N4O3S3/c1-4-11-25-17-20-19-16(26-17)18-15(22)9-6-10-21(27(3,23)24)14-8-5-7-13(2)12-14/h5,7-8,12H,4,6,9-11H2,1-3H3,(H,18,19,22).